The first-order chi connectivity index (χ1) is 8.24. The average molecular weight is 234 g/mol. The Morgan fingerprint density at radius 3 is 2.71 bits per heavy atom. The largest absolute Gasteiger partial charge is 0.339 e. The van der Waals surface area contributed by atoms with E-state index in [1.807, 2.05) is 11.9 Å². The molecule has 2 bridgehead atoms. The quantitative estimate of drug-likeness (QED) is 0.794. The maximum atomic E-state index is 12.2. The second kappa shape index (κ2) is 4.14. The van der Waals surface area contributed by atoms with Crippen molar-refractivity contribution in [2.45, 2.75) is 43.8 Å². The first-order valence-electron chi connectivity index (χ1n) is 6.26. The van der Waals surface area contributed by atoms with Crippen molar-refractivity contribution in [3.63, 3.8) is 0 Å². The fourth-order valence-electron chi connectivity index (χ4n) is 3.08. The Balaban J connectivity index is 1.70. The van der Waals surface area contributed by atoms with Gasteiger partial charge in [-0.15, -0.1) is 0 Å². The first kappa shape index (κ1) is 10.8. The number of nitrogens with one attached hydrogen (secondary N) is 2. The second-order valence-corrected chi connectivity index (χ2v) is 5.17. The van der Waals surface area contributed by atoms with Crippen molar-refractivity contribution in [2.75, 3.05) is 7.05 Å². The Bertz CT molecular complexity index is 391. The Kier molecular flexibility index (Phi) is 2.63. The van der Waals surface area contributed by atoms with E-state index >= 15 is 0 Å². The first-order valence-corrected chi connectivity index (χ1v) is 6.26. The van der Waals surface area contributed by atoms with Crippen LogP contribution in [0.1, 0.15) is 36.0 Å². The topological polar surface area (TPSA) is 61.0 Å². The van der Waals surface area contributed by atoms with Crippen molar-refractivity contribution in [2.24, 2.45) is 0 Å². The van der Waals surface area contributed by atoms with Crippen LogP contribution in [0.25, 0.3) is 0 Å². The van der Waals surface area contributed by atoms with E-state index in [2.05, 4.69) is 15.5 Å². The molecule has 3 heterocycles. The summed E-state index contributed by atoms with van der Waals surface area (Å²) in [7, 11) is 1.91. The standard InChI is InChI=1S/C12H18N4O/c1-16(12(17)8-6-13-14-7-8)11-4-9-2-3-10(5-11)15-9/h6-7,9-11,15H,2-5H2,1H3,(H,13,14). The van der Waals surface area contributed by atoms with E-state index in [-0.39, 0.29) is 5.91 Å². The maximum Gasteiger partial charge on any atom is 0.257 e. The fraction of sp³-hybridized carbons (Fsp3) is 0.667. The molecule has 0 spiro atoms. The lowest BCUT2D eigenvalue weighted by Gasteiger charge is -2.35. The van der Waals surface area contributed by atoms with Gasteiger partial charge in [-0.25, -0.2) is 0 Å². The summed E-state index contributed by atoms with van der Waals surface area (Å²) in [5.74, 6) is 0.0741. The number of aromatic amines is 1. The van der Waals surface area contributed by atoms with Gasteiger partial charge in [-0.05, 0) is 25.7 Å². The number of piperidine rings is 1. The maximum absolute atomic E-state index is 12.2. The average Bonchev–Trinajstić information content (AvgIpc) is 2.97. The molecular formula is C12H18N4O. The molecule has 0 radical (unpaired) electrons. The number of hydrogen-bond donors (Lipinski definition) is 2. The van der Waals surface area contributed by atoms with Crippen LogP contribution < -0.4 is 5.32 Å². The molecule has 2 unspecified atom stereocenters. The Morgan fingerprint density at radius 2 is 2.12 bits per heavy atom. The van der Waals surface area contributed by atoms with Crippen molar-refractivity contribution in [1.29, 1.82) is 0 Å². The van der Waals surface area contributed by atoms with Gasteiger partial charge in [-0.1, -0.05) is 0 Å². The van der Waals surface area contributed by atoms with Gasteiger partial charge >= 0.3 is 0 Å². The van der Waals surface area contributed by atoms with Gasteiger partial charge in [0.25, 0.3) is 5.91 Å². The van der Waals surface area contributed by atoms with Crippen LogP contribution in [0.3, 0.4) is 0 Å². The number of carbonyl (C=O) groups is 1. The number of H-pyrrole nitrogens is 1. The summed E-state index contributed by atoms with van der Waals surface area (Å²) in [6.45, 7) is 0. The molecule has 17 heavy (non-hydrogen) atoms. The number of carbonyl (C=O) groups excluding carboxylic acids is 1. The number of nitrogens with zero attached hydrogens (tertiary/aromatic N) is 2. The van der Waals surface area contributed by atoms with E-state index in [4.69, 9.17) is 0 Å². The van der Waals surface area contributed by atoms with Gasteiger partial charge < -0.3 is 10.2 Å². The summed E-state index contributed by atoms with van der Waals surface area (Å²) in [5, 5.41) is 10.1. The van der Waals surface area contributed by atoms with E-state index in [9.17, 15) is 4.79 Å². The third-order valence-corrected chi connectivity index (χ3v) is 4.06. The van der Waals surface area contributed by atoms with Crippen LogP contribution >= 0.6 is 0 Å². The summed E-state index contributed by atoms with van der Waals surface area (Å²) < 4.78 is 0. The van der Waals surface area contributed by atoms with Crippen molar-refractivity contribution in [1.82, 2.24) is 20.4 Å². The van der Waals surface area contributed by atoms with Gasteiger partial charge in [0.05, 0.1) is 11.8 Å². The summed E-state index contributed by atoms with van der Waals surface area (Å²) in [4.78, 5) is 14.1. The fourth-order valence-corrected chi connectivity index (χ4v) is 3.08. The molecule has 5 nitrogen and oxygen atoms in total. The van der Waals surface area contributed by atoms with Crippen molar-refractivity contribution >= 4 is 5.91 Å². The smallest absolute Gasteiger partial charge is 0.257 e. The molecular weight excluding hydrogens is 216 g/mol. The number of fused-ring (bicyclic) bond motifs is 2. The number of amides is 1. The van der Waals surface area contributed by atoms with Gasteiger partial charge in [0.1, 0.15) is 0 Å². The Morgan fingerprint density at radius 1 is 1.41 bits per heavy atom. The van der Waals surface area contributed by atoms with Crippen LogP contribution in [-0.4, -0.2) is 46.2 Å². The van der Waals surface area contributed by atoms with Gasteiger partial charge in [0.15, 0.2) is 0 Å². The number of hydrogen-bond acceptors (Lipinski definition) is 3. The molecule has 2 saturated heterocycles. The zero-order valence-electron chi connectivity index (χ0n) is 10.0. The molecule has 2 atom stereocenters. The van der Waals surface area contributed by atoms with Gasteiger partial charge in [0, 0.05) is 31.4 Å². The molecule has 0 aliphatic carbocycles. The molecule has 1 aromatic heterocycles. The third-order valence-electron chi connectivity index (χ3n) is 4.06. The van der Waals surface area contributed by atoms with E-state index in [0.717, 1.165) is 12.8 Å². The van der Waals surface area contributed by atoms with Crippen LogP contribution in [0.4, 0.5) is 0 Å². The highest BCUT2D eigenvalue weighted by Crippen LogP contribution is 2.29. The van der Waals surface area contributed by atoms with Crippen LogP contribution in [0.5, 0.6) is 0 Å². The summed E-state index contributed by atoms with van der Waals surface area (Å²) in [6, 6.07) is 1.59. The highest BCUT2D eigenvalue weighted by Gasteiger charge is 2.36. The zero-order valence-corrected chi connectivity index (χ0v) is 10.0. The van der Waals surface area contributed by atoms with E-state index in [1.54, 1.807) is 12.4 Å². The van der Waals surface area contributed by atoms with E-state index < -0.39 is 0 Å². The minimum atomic E-state index is 0.0741. The van der Waals surface area contributed by atoms with Gasteiger partial charge in [-0.3, -0.25) is 9.89 Å². The minimum Gasteiger partial charge on any atom is -0.339 e. The molecule has 2 fully saturated rings. The van der Waals surface area contributed by atoms with Gasteiger partial charge in [0.2, 0.25) is 0 Å². The molecule has 0 aromatic carbocycles. The van der Waals surface area contributed by atoms with Crippen LogP contribution in [0.15, 0.2) is 12.4 Å². The summed E-state index contributed by atoms with van der Waals surface area (Å²) >= 11 is 0. The third kappa shape index (κ3) is 1.95. The van der Waals surface area contributed by atoms with Crippen LogP contribution in [0.2, 0.25) is 0 Å². The van der Waals surface area contributed by atoms with Crippen molar-refractivity contribution in [3.8, 4) is 0 Å². The number of aromatic nitrogens is 2. The molecule has 1 aromatic rings. The van der Waals surface area contributed by atoms with Gasteiger partial charge in [-0.2, -0.15) is 5.10 Å². The molecule has 3 rings (SSSR count). The second-order valence-electron chi connectivity index (χ2n) is 5.17. The summed E-state index contributed by atoms with van der Waals surface area (Å²) in [5.41, 5.74) is 0.651. The summed E-state index contributed by atoms with van der Waals surface area (Å²) in [6.07, 6.45) is 7.93. The van der Waals surface area contributed by atoms with E-state index in [1.165, 1.54) is 12.8 Å². The lowest BCUT2D eigenvalue weighted by Crippen LogP contribution is -2.48. The SMILES string of the molecule is CN(C(=O)c1cn[nH]c1)C1CC2CCC(C1)N2. The molecule has 1 amide bonds. The highest BCUT2D eigenvalue weighted by atomic mass is 16.2. The Hall–Kier alpha value is -1.36. The lowest BCUT2D eigenvalue weighted by atomic mass is 9.98. The van der Waals surface area contributed by atoms with Crippen LogP contribution in [0, 0.1) is 0 Å². The number of rotatable bonds is 2. The lowest BCUT2D eigenvalue weighted by molar-refractivity contribution is 0.0682. The van der Waals surface area contributed by atoms with Crippen molar-refractivity contribution in [3.05, 3.63) is 18.0 Å². The molecule has 2 aliphatic rings. The Labute approximate surface area is 101 Å². The molecule has 5 heteroatoms. The molecule has 2 aliphatic heterocycles. The predicted octanol–water partition coefficient (Wildman–Crippen LogP) is 0.765. The molecule has 2 N–H and O–H groups in total. The van der Waals surface area contributed by atoms with E-state index in [0.29, 0.717) is 23.7 Å². The predicted molar refractivity (Wildman–Crippen MR) is 63.6 cm³/mol. The zero-order chi connectivity index (χ0) is 11.8. The highest BCUT2D eigenvalue weighted by molar-refractivity contribution is 5.93. The molecule has 92 valence electrons. The van der Waals surface area contributed by atoms with Crippen LogP contribution in [-0.2, 0) is 0 Å². The molecule has 0 saturated carbocycles. The monoisotopic (exact) mass is 234 g/mol. The normalized spacial score (nSPS) is 31.5. The minimum absolute atomic E-state index is 0.0741. The van der Waals surface area contributed by atoms with Crippen molar-refractivity contribution < 1.29 is 4.79 Å².